The average molecular weight is 388 g/mol. The van der Waals surface area contributed by atoms with Crippen LogP contribution in [0.2, 0.25) is 0 Å². The highest BCUT2D eigenvalue weighted by molar-refractivity contribution is 5.92. The van der Waals surface area contributed by atoms with Gasteiger partial charge in [0.05, 0.1) is 13.0 Å². The molecule has 0 aliphatic heterocycles. The number of ether oxygens (including phenoxy) is 1. The first kappa shape index (κ1) is 20.1. The number of hydrogen-bond acceptors (Lipinski definition) is 3. The zero-order chi connectivity index (χ0) is 20.6. The molecule has 5 nitrogen and oxygen atoms in total. The Labute approximate surface area is 170 Å². The molecule has 0 aromatic heterocycles. The summed E-state index contributed by atoms with van der Waals surface area (Å²) in [5.74, 6) is -0.648. The van der Waals surface area contributed by atoms with Crippen LogP contribution in [0.4, 0.5) is 0 Å². The second-order valence-electron chi connectivity index (χ2n) is 6.77. The largest absolute Gasteiger partial charge is 0.497 e. The highest BCUT2D eigenvalue weighted by Crippen LogP contribution is 2.25. The molecule has 0 heterocycles. The zero-order valence-corrected chi connectivity index (χ0v) is 16.2. The maximum absolute atomic E-state index is 13.2. The number of methoxy groups -OCH3 is 1. The topological polar surface area (TPSA) is 81.4 Å². The Hall–Kier alpha value is -3.60. The van der Waals surface area contributed by atoms with Crippen LogP contribution < -0.4 is 15.8 Å². The fourth-order valence-corrected chi connectivity index (χ4v) is 3.26. The lowest BCUT2D eigenvalue weighted by Crippen LogP contribution is -2.47. The standard InChI is InChI=1S/C24H24N2O3/c1-29-20-14-12-17(13-15-20)16-21(23(25)27)26-24(28)22(18-8-4-2-5-9-18)19-10-6-3-7-11-19/h2-15,21-22H,16H2,1H3,(H2,25,27)(H,26,28)/t21-/m0/s1. The molecule has 29 heavy (non-hydrogen) atoms. The second kappa shape index (κ2) is 9.55. The summed E-state index contributed by atoms with van der Waals surface area (Å²) in [6.07, 6.45) is 0.307. The van der Waals surface area contributed by atoms with Crippen LogP contribution in [-0.4, -0.2) is 25.0 Å². The van der Waals surface area contributed by atoms with E-state index in [0.29, 0.717) is 6.42 Å². The summed E-state index contributed by atoms with van der Waals surface area (Å²) < 4.78 is 5.15. The minimum absolute atomic E-state index is 0.264. The summed E-state index contributed by atoms with van der Waals surface area (Å²) in [6, 6.07) is 25.5. The lowest BCUT2D eigenvalue weighted by atomic mass is 9.90. The van der Waals surface area contributed by atoms with Gasteiger partial charge in [-0.1, -0.05) is 72.8 Å². The number of nitrogens with two attached hydrogens (primary N) is 1. The Bertz CT molecular complexity index is 901. The van der Waals surface area contributed by atoms with E-state index < -0.39 is 17.9 Å². The molecular formula is C24H24N2O3. The van der Waals surface area contributed by atoms with Crippen molar-refractivity contribution in [2.24, 2.45) is 5.73 Å². The molecule has 0 spiro atoms. The Morgan fingerprint density at radius 1 is 0.862 bits per heavy atom. The Morgan fingerprint density at radius 3 is 1.83 bits per heavy atom. The van der Waals surface area contributed by atoms with Crippen LogP contribution in [0.25, 0.3) is 0 Å². The average Bonchev–Trinajstić information content (AvgIpc) is 2.75. The van der Waals surface area contributed by atoms with Gasteiger partial charge in [0.1, 0.15) is 11.8 Å². The molecule has 0 radical (unpaired) electrons. The van der Waals surface area contributed by atoms with Gasteiger partial charge in [-0.3, -0.25) is 9.59 Å². The molecule has 0 aliphatic rings. The number of primary amides is 1. The maximum Gasteiger partial charge on any atom is 0.240 e. The lowest BCUT2D eigenvalue weighted by molar-refractivity contribution is -0.127. The predicted octanol–water partition coefficient (Wildman–Crippen LogP) is 3.04. The van der Waals surface area contributed by atoms with Crippen LogP contribution in [0.15, 0.2) is 84.9 Å². The van der Waals surface area contributed by atoms with Crippen molar-refractivity contribution >= 4 is 11.8 Å². The van der Waals surface area contributed by atoms with Gasteiger partial charge in [-0.2, -0.15) is 0 Å². The van der Waals surface area contributed by atoms with Crippen LogP contribution >= 0.6 is 0 Å². The SMILES string of the molecule is COc1ccc(C[C@H](NC(=O)C(c2ccccc2)c2ccccc2)C(N)=O)cc1. The van der Waals surface area contributed by atoms with E-state index in [-0.39, 0.29) is 5.91 Å². The Kier molecular flexibility index (Phi) is 6.63. The minimum atomic E-state index is -0.814. The van der Waals surface area contributed by atoms with Crippen LogP contribution in [-0.2, 0) is 16.0 Å². The van der Waals surface area contributed by atoms with E-state index in [2.05, 4.69) is 5.32 Å². The van der Waals surface area contributed by atoms with E-state index in [1.807, 2.05) is 84.9 Å². The molecule has 5 heteroatoms. The summed E-state index contributed by atoms with van der Waals surface area (Å²) in [5, 5.41) is 2.85. The third-order valence-electron chi connectivity index (χ3n) is 4.79. The minimum Gasteiger partial charge on any atom is -0.497 e. The number of nitrogens with one attached hydrogen (secondary N) is 1. The van der Waals surface area contributed by atoms with Crippen molar-refractivity contribution in [1.29, 1.82) is 0 Å². The molecule has 3 aromatic rings. The van der Waals surface area contributed by atoms with Crippen molar-refractivity contribution in [3.05, 3.63) is 102 Å². The monoisotopic (exact) mass is 388 g/mol. The molecule has 3 aromatic carbocycles. The Balaban J connectivity index is 1.83. The molecule has 0 bridgehead atoms. The maximum atomic E-state index is 13.2. The smallest absolute Gasteiger partial charge is 0.240 e. The zero-order valence-electron chi connectivity index (χ0n) is 16.2. The first-order valence-electron chi connectivity index (χ1n) is 9.41. The van der Waals surface area contributed by atoms with Crippen LogP contribution in [0.5, 0.6) is 5.75 Å². The third kappa shape index (κ3) is 5.23. The van der Waals surface area contributed by atoms with Gasteiger partial charge >= 0.3 is 0 Å². The molecule has 148 valence electrons. The van der Waals surface area contributed by atoms with Crippen molar-refractivity contribution in [2.45, 2.75) is 18.4 Å². The Morgan fingerprint density at radius 2 is 1.38 bits per heavy atom. The predicted molar refractivity (Wildman–Crippen MR) is 113 cm³/mol. The molecule has 3 N–H and O–H groups in total. The fraction of sp³-hybridized carbons (Fsp3) is 0.167. The normalized spacial score (nSPS) is 11.7. The highest BCUT2D eigenvalue weighted by Gasteiger charge is 2.27. The molecule has 1 atom stereocenters. The van der Waals surface area contributed by atoms with E-state index in [4.69, 9.17) is 10.5 Å². The first-order chi connectivity index (χ1) is 14.1. The molecule has 0 fully saturated rings. The molecular weight excluding hydrogens is 364 g/mol. The van der Waals surface area contributed by atoms with E-state index in [1.165, 1.54) is 0 Å². The first-order valence-corrected chi connectivity index (χ1v) is 9.41. The van der Waals surface area contributed by atoms with Gasteiger partial charge in [0.15, 0.2) is 0 Å². The summed E-state index contributed by atoms with van der Waals surface area (Å²) in [5.41, 5.74) is 8.17. The van der Waals surface area contributed by atoms with Gasteiger partial charge in [0.25, 0.3) is 0 Å². The lowest BCUT2D eigenvalue weighted by Gasteiger charge is -2.22. The summed E-state index contributed by atoms with van der Waals surface area (Å²) >= 11 is 0. The summed E-state index contributed by atoms with van der Waals surface area (Å²) in [7, 11) is 1.59. The van der Waals surface area contributed by atoms with Gasteiger partial charge < -0.3 is 15.8 Å². The second-order valence-corrected chi connectivity index (χ2v) is 6.77. The quantitative estimate of drug-likeness (QED) is 0.622. The number of benzene rings is 3. The number of carbonyl (C=O) groups excluding carboxylic acids is 2. The van der Waals surface area contributed by atoms with Gasteiger partial charge in [-0.05, 0) is 28.8 Å². The van der Waals surface area contributed by atoms with E-state index in [1.54, 1.807) is 7.11 Å². The van der Waals surface area contributed by atoms with Crippen LogP contribution in [0.3, 0.4) is 0 Å². The van der Waals surface area contributed by atoms with E-state index in [9.17, 15) is 9.59 Å². The van der Waals surface area contributed by atoms with Crippen molar-refractivity contribution in [3.8, 4) is 5.75 Å². The number of amides is 2. The number of hydrogen-bond donors (Lipinski definition) is 2. The molecule has 2 amide bonds. The molecule has 0 saturated heterocycles. The van der Waals surface area contributed by atoms with Crippen molar-refractivity contribution in [1.82, 2.24) is 5.32 Å². The van der Waals surface area contributed by atoms with E-state index >= 15 is 0 Å². The summed E-state index contributed by atoms with van der Waals surface area (Å²) in [6.45, 7) is 0. The van der Waals surface area contributed by atoms with Crippen LogP contribution in [0.1, 0.15) is 22.6 Å². The molecule has 0 saturated carbocycles. The van der Waals surface area contributed by atoms with Gasteiger partial charge in [-0.15, -0.1) is 0 Å². The summed E-state index contributed by atoms with van der Waals surface area (Å²) in [4.78, 5) is 25.3. The number of carbonyl (C=O) groups is 2. The van der Waals surface area contributed by atoms with Crippen molar-refractivity contribution in [3.63, 3.8) is 0 Å². The van der Waals surface area contributed by atoms with E-state index in [0.717, 1.165) is 22.4 Å². The van der Waals surface area contributed by atoms with Gasteiger partial charge in [0, 0.05) is 6.42 Å². The van der Waals surface area contributed by atoms with Gasteiger partial charge in [0.2, 0.25) is 11.8 Å². The molecule has 3 rings (SSSR count). The molecule has 0 unspecified atom stereocenters. The van der Waals surface area contributed by atoms with Crippen LogP contribution in [0, 0.1) is 0 Å². The molecule has 0 aliphatic carbocycles. The van der Waals surface area contributed by atoms with Crippen molar-refractivity contribution < 1.29 is 14.3 Å². The third-order valence-corrected chi connectivity index (χ3v) is 4.79. The fourth-order valence-electron chi connectivity index (χ4n) is 3.26. The van der Waals surface area contributed by atoms with Crippen molar-refractivity contribution in [2.75, 3.05) is 7.11 Å². The number of rotatable bonds is 8. The van der Waals surface area contributed by atoms with Gasteiger partial charge in [-0.25, -0.2) is 0 Å². The highest BCUT2D eigenvalue weighted by atomic mass is 16.5.